The summed E-state index contributed by atoms with van der Waals surface area (Å²) in [6.07, 6.45) is 3.59. The van der Waals surface area contributed by atoms with Gasteiger partial charge in [0.2, 0.25) is 5.91 Å². The number of anilines is 2. The largest absolute Gasteiger partial charge is 0.494 e. The highest BCUT2D eigenvalue weighted by Crippen LogP contribution is 2.29. The van der Waals surface area contributed by atoms with Crippen LogP contribution >= 0.6 is 0 Å². The molecule has 5 rings (SSSR count). The van der Waals surface area contributed by atoms with Crippen molar-refractivity contribution < 1.29 is 14.0 Å². The van der Waals surface area contributed by atoms with Crippen LogP contribution in [0.2, 0.25) is 0 Å². The first-order valence-electron chi connectivity index (χ1n) is 12.2. The van der Waals surface area contributed by atoms with E-state index in [1.807, 2.05) is 12.1 Å². The van der Waals surface area contributed by atoms with E-state index < -0.39 is 0 Å². The lowest BCUT2D eigenvalue weighted by atomic mass is 10.0. The number of likely N-dealkylation sites (N-methyl/N-ethyl adjacent to an activating group) is 1. The summed E-state index contributed by atoms with van der Waals surface area (Å²) in [4.78, 5) is 14.2. The van der Waals surface area contributed by atoms with Crippen LogP contribution in [0.5, 0.6) is 5.75 Å². The molecule has 1 saturated heterocycles. The molecule has 33 heavy (non-hydrogen) atoms. The van der Waals surface area contributed by atoms with Gasteiger partial charge in [-0.1, -0.05) is 42.5 Å². The molecule has 2 aliphatic heterocycles. The van der Waals surface area contributed by atoms with Gasteiger partial charge in [0.15, 0.2) is 0 Å². The number of fused-ring (bicyclic) bond motifs is 2. The number of hydrogen-bond acceptors (Lipinski definition) is 3. The Labute approximate surface area is 196 Å². The Hall–Kier alpha value is -3.05. The van der Waals surface area contributed by atoms with Crippen molar-refractivity contribution in [1.82, 2.24) is 0 Å². The monoisotopic (exact) mass is 444 g/mol. The number of carbonyl (C=O) groups excluding carboxylic acids is 1. The third-order valence-corrected chi connectivity index (χ3v) is 7.26. The number of nitrogens with one attached hydrogen (secondary N) is 1. The van der Waals surface area contributed by atoms with Crippen molar-refractivity contribution in [2.45, 2.75) is 25.7 Å². The maximum atomic E-state index is 11.6. The molecule has 0 unspecified atom stereocenters. The fraction of sp³-hybridized carbons (Fsp3) is 0.393. The van der Waals surface area contributed by atoms with Crippen LogP contribution in [0, 0.1) is 0 Å². The van der Waals surface area contributed by atoms with Crippen molar-refractivity contribution in [3.8, 4) is 5.75 Å². The molecule has 0 spiro atoms. The number of hydrogen-bond donors (Lipinski definition) is 1. The number of quaternary nitrogens is 1. The zero-order valence-electron chi connectivity index (χ0n) is 19.6. The van der Waals surface area contributed by atoms with Gasteiger partial charge >= 0.3 is 0 Å². The van der Waals surface area contributed by atoms with Gasteiger partial charge in [-0.2, -0.15) is 0 Å². The van der Waals surface area contributed by atoms with Gasteiger partial charge in [0.05, 0.1) is 46.4 Å². The average molecular weight is 445 g/mol. The maximum absolute atomic E-state index is 11.6. The fourth-order valence-electron chi connectivity index (χ4n) is 5.12. The molecule has 1 N–H and O–H groups in total. The quantitative estimate of drug-likeness (QED) is 0.418. The summed E-state index contributed by atoms with van der Waals surface area (Å²) in [5, 5.41) is 5.62. The first kappa shape index (κ1) is 21.8. The Morgan fingerprint density at radius 2 is 1.79 bits per heavy atom. The van der Waals surface area contributed by atoms with Gasteiger partial charge < -0.3 is 19.4 Å². The normalized spacial score (nSPS) is 17.5. The van der Waals surface area contributed by atoms with Crippen molar-refractivity contribution in [3.63, 3.8) is 0 Å². The molecule has 0 aliphatic carbocycles. The molecule has 3 aromatic rings. The standard InChI is InChI=1S/C28H33N3O2/c1-31(17-4-5-20-33-24-13-11-23-12-14-28(32)29-26(23)21-24)18-15-30(16-19-31)27-10-6-8-22-7-2-3-9-25(22)27/h2-3,6-11,13,21H,4-5,12,14-20H2,1H3/p+1. The number of amides is 1. The highest BCUT2D eigenvalue weighted by Gasteiger charge is 2.28. The van der Waals surface area contributed by atoms with Crippen LogP contribution in [0.4, 0.5) is 11.4 Å². The predicted molar refractivity (Wildman–Crippen MR) is 135 cm³/mol. The minimum atomic E-state index is 0.0946. The minimum Gasteiger partial charge on any atom is -0.494 e. The van der Waals surface area contributed by atoms with Gasteiger partial charge in [-0.25, -0.2) is 0 Å². The van der Waals surface area contributed by atoms with Crippen molar-refractivity contribution >= 4 is 28.1 Å². The lowest BCUT2D eigenvalue weighted by Gasteiger charge is -2.43. The van der Waals surface area contributed by atoms with Crippen LogP contribution in [0.15, 0.2) is 60.7 Å². The summed E-state index contributed by atoms with van der Waals surface area (Å²) in [5.41, 5.74) is 3.47. The Kier molecular flexibility index (Phi) is 6.23. The number of piperazine rings is 1. The van der Waals surface area contributed by atoms with Crippen LogP contribution in [-0.2, 0) is 11.2 Å². The Morgan fingerprint density at radius 1 is 0.970 bits per heavy atom. The van der Waals surface area contributed by atoms with E-state index in [9.17, 15) is 4.79 Å². The first-order chi connectivity index (χ1) is 16.1. The van der Waals surface area contributed by atoms with E-state index in [1.165, 1.54) is 41.7 Å². The average Bonchev–Trinajstić information content (AvgIpc) is 2.84. The van der Waals surface area contributed by atoms with E-state index in [2.05, 4.69) is 65.8 Å². The second-order valence-corrected chi connectivity index (χ2v) is 9.70. The highest BCUT2D eigenvalue weighted by atomic mass is 16.5. The Balaban J connectivity index is 1.08. The van der Waals surface area contributed by atoms with Crippen LogP contribution in [-0.4, -0.2) is 56.8 Å². The number of rotatable bonds is 7. The van der Waals surface area contributed by atoms with Crippen LogP contribution in [0.25, 0.3) is 10.8 Å². The zero-order valence-corrected chi connectivity index (χ0v) is 19.6. The second-order valence-electron chi connectivity index (χ2n) is 9.70. The van der Waals surface area contributed by atoms with Gasteiger partial charge in [0, 0.05) is 29.2 Å². The van der Waals surface area contributed by atoms with Crippen LogP contribution in [0.1, 0.15) is 24.8 Å². The minimum absolute atomic E-state index is 0.0946. The molecule has 0 saturated carbocycles. The topological polar surface area (TPSA) is 41.6 Å². The van der Waals surface area contributed by atoms with E-state index >= 15 is 0 Å². The molecule has 0 radical (unpaired) electrons. The van der Waals surface area contributed by atoms with Crippen LogP contribution < -0.4 is 15.0 Å². The van der Waals surface area contributed by atoms with Crippen molar-refractivity contribution in [1.29, 1.82) is 0 Å². The van der Waals surface area contributed by atoms with Gasteiger partial charge in [-0.15, -0.1) is 0 Å². The number of ether oxygens (including phenoxy) is 1. The lowest BCUT2D eigenvalue weighted by molar-refractivity contribution is -0.910. The molecule has 2 aliphatic rings. The van der Waals surface area contributed by atoms with Crippen LogP contribution in [0.3, 0.4) is 0 Å². The molecule has 172 valence electrons. The maximum Gasteiger partial charge on any atom is 0.224 e. The van der Waals surface area contributed by atoms with E-state index in [-0.39, 0.29) is 5.91 Å². The number of carbonyl (C=O) groups is 1. The molecule has 1 fully saturated rings. The molecule has 0 bridgehead atoms. The Morgan fingerprint density at radius 3 is 2.67 bits per heavy atom. The summed E-state index contributed by atoms with van der Waals surface area (Å²) in [6.45, 7) is 6.45. The summed E-state index contributed by atoms with van der Waals surface area (Å²) >= 11 is 0. The molecule has 1 amide bonds. The SMILES string of the molecule is C[N+]1(CCCCOc2ccc3c(c2)NC(=O)CC3)CCN(c2cccc3ccccc23)CC1. The van der Waals surface area contributed by atoms with Crippen molar-refractivity contribution in [3.05, 3.63) is 66.2 Å². The van der Waals surface area contributed by atoms with E-state index in [4.69, 9.17) is 4.74 Å². The Bertz CT molecular complexity index is 1130. The lowest BCUT2D eigenvalue weighted by Crippen LogP contribution is -2.57. The highest BCUT2D eigenvalue weighted by molar-refractivity contribution is 5.94. The smallest absolute Gasteiger partial charge is 0.224 e. The summed E-state index contributed by atoms with van der Waals surface area (Å²) in [6, 6.07) is 21.4. The number of benzene rings is 3. The molecule has 0 atom stereocenters. The molecule has 5 nitrogen and oxygen atoms in total. The molecule has 2 heterocycles. The summed E-state index contributed by atoms with van der Waals surface area (Å²) in [7, 11) is 2.40. The number of unbranched alkanes of at least 4 members (excludes halogenated alkanes) is 1. The molecular weight excluding hydrogens is 410 g/mol. The molecular formula is C28H34N3O2+. The van der Waals surface area contributed by atoms with Gasteiger partial charge in [0.25, 0.3) is 0 Å². The third-order valence-electron chi connectivity index (χ3n) is 7.26. The molecule has 0 aromatic heterocycles. The summed E-state index contributed by atoms with van der Waals surface area (Å²) < 4.78 is 7.11. The zero-order chi connectivity index (χ0) is 22.7. The van der Waals surface area contributed by atoms with E-state index in [0.717, 1.165) is 54.9 Å². The molecule has 5 heteroatoms. The van der Waals surface area contributed by atoms with Gasteiger partial charge in [-0.05, 0) is 42.3 Å². The van der Waals surface area contributed by atoms with E-state index in [0.29, 0.717) is 6.42 Å². The van der Waals surface area contributed by atoms with Gasteiger partial charge in [-0.3, -0.25) is 4.79 Å². The first-order valence-corrected chi connectivity index (χ1v) is 12.2. The van der Waals surface area contributed by atoms with E-state index in [1.54, 1.807) is 0 Å². The predicted octanol–water partition coefficient (Wildman–Crippen LogP) is 4.85. The van der Waals surface area contributed by atoms with Crippen molar-refractivity contribution in [2.24, 2.45) is 0 Å². The fourth-order valence-corrected chi connectivity index (χ4v) is 5.12. The summed E-state index contributed by atoms with van der Waals surface area (Å²) in [5.74, 6) is 0.942. The second kappa shape index (κ2) is 9.44. The number of aryl methyl sites for hydroxylation is 1. The third kappa shape index (κ3) is 4.98. The molecule has 3 aromatic carbocycles. The van der Waals surface area contributed by atoms with Crippen molar-refractivity contribution in [2.75, 3.05) is 56.6 Å². The number of nitrogens with zero attached hydrogens (tertiary/aromatic N) is 2. The van der Waals surface area contributed by atoms with Gasteiger partial charge in [0.1, 0.15) is 5.75 Å².